The van der Waals surface area contributed by atoms with E-state index in [1.54, 1.807) is 25.7 Å². The summed E-state index contributed by atoms with van der Waals surface area (Å²) < 4.78 is 12.7. The topological polar surface area (TPSA) is 78.3 Å². The van der Waals surface area contributed by atoms with Crippen molar-refractivity contribution in [2.24, 2.45) is 0 Å². The number of imidazole rings is 1. The van der Waals surface area contributed by atoms with Crippen molar-refractivity contribution >= 4 is 28.7 Å². The molecule has 0 spiro atoms. The summed E-state index contributed by atoms with van der Waals surface area (Å²) in [6.45, 7) is 2.44. The van der Waals surface area contributed by atoms with Gasteiger partial charge in [-0.05, 0) is 55.0 Å². The van der Waals surface area contributed by atoms with Crippen molar-refractivity contribution in [3.05, 3.63) is 78.8 Å². The molecule has 0 aliphatic rings. The second kappa shape index (κ2) is 9.13. The van der Waals surface area contributed by atoms with Gasteiger partial charge >= 0.3 is 0 Å². The first-order valence-corrected chi connectivity index (χ1v) is 9.86. The van der Waals surface area contributed by atoms with Crippen molar-refractivity contribution in [1.82, 2.24) is 14.5 Å². The second-order valence-corrected chi connectivity index (χ2v) is 6.67. The van der Waals surface area contributed by atoms with E-state index in [1.165, 1.54) is 6.08 Å². The zero-order valence-corrected chi connectivity index (χ0v) is 17.3. The minimum Gasteiger partial charge on any atom is -0.493 e. The number of anilines is 1. The van der Waals surface area contributed by atoms with E-state index in [9.17, 15) is 4.79 Å². The van der Waals surface area contributed by atoms with Crippen LogP contribution in [0.4, 0.5) is 5.69 Å². The summed E-state index contributed by atoms with van der Waals surface area (Å²) in [5.41, 5.74) is 3.31. The number of carbonyl (C=O) groups is 1. The number of hydrogen-bond acceptors (Lipinski definition) is 5. The monoisotopic (exact) mass is 414 g/mol. The third-order valence-electron chi connectivity index (χ3n) is 4.63. The fourth-order valence-corrected chi connectivity index (χ4v) is 3.17. The third kappa shape index (κ3) is 4.56. The Kier molecular flexibility index (Phi) is 5.93. The van der Waals surface area contributed by atoms with Gasteiger partial charge in [0.25, 0.3) is 0 Å². The van der Waals surface area contributed by atoms with E-state index in [0.717, 1.165) is 22.4 Å². The van der Waals surface area contributed by atoms with Gasteiger partial charge in [-0.1, -0.05) is 18.2 Å². The normalized spacial score (nSPS) is 11.0. The molecular formula is C24H22N4O3. The number of methoxy groups -OCH3 is 1. The van der Waals surface area contributed by atoms with Crippen LogP contribution in [0, 0.1) is 0 Å². The van der Waals surface area contributed by atoms with Gasteiger partial charge in [-0.3, -0.25) is 9.36 Å². The summed E-state index contributed by atoms with van der Waals surface area (Å²) in [5, 5.41) is 2.82. The number of benzene rings is 2. The van der Waals surface area contributed by atoms with Gasteiger partial charge in [0.1, 0.15) is 12.1 Å². The lowest BCUT2D eigenvalue weighted by atomic mass is 10.2. The molecule has 31 heavy (non-hydrogen) atoms. The molecule has 0 fully saturated rings. The summed E-state index contributed by atoms with van der Waals surface area (Å²) in [6.07, 6.45) is 6.54. The minimum absolute atomic E-state index is 0.253. The predicted molar refractivity (Wildman–Crippen MR) is 121 cm³/mol. The Bertz CT molecular complexity index is 1230. The molecule has 156 valence electrons. The summed E-state index contributed by atoms with van der Waals surface area (Å²) >= 11 is 0. The van der Waals surface area contributed by atoms with E-state index in [1.807, 2.05) is 66.1 Å². The number of aromatic nitrogens is 3. The van der Waals surface area contributed by atoms with E-state index in [4.69, 9.17) is 9.47 Å². The van der Waals surface area contributed by atoms with Crippen molar-refractivity contribution < 1.29 is 14.3 Å². The number of rotatable bonds is 7. The van der Waals surface area contributed by atoms with Crippen LogP contribution < -0.4 is 14.8 Å². The Morgan fingerprint density at radius 2 is 1.97 bits per heavy atom. The molecule has 0 saturated carbocycles. The smallest absolute Gasteiger partial charge is 0.248 e. The molecule has 7 heteroatoms. The lowest BCUT2D eigenvalue weighted by molar-refractivity contribution is -0.111. The number of nitrogens with one attached hydrogen (secondary N) is 1. The van der Waals surface area contributed by atoms with Crippen LogP contribution in [0.1, 0.15) is 12.5 Å². The zero-order chi connectivity index (χ0) is 21.6. The number of hydrogen-bond donors (Lipinski definition) is 1. The molecule has 1 N–H and O–H groups in total. The maximum absolute atomic E-state index is 12.3. The number of para-hydroxylation sites is 2. The molecule has 2 aromatic heterocycles. The van der Waals surface area contributed by atoms with Gasteiger partial charge in [-0.25, -0.2) is 9.97 Å². The van der Waals surface area contributed by atoms with Crippen LogP contribution in [0.3, 0.4) is 0 Å². The van der Waals surface area contributed by atoms with Crippen LogP contribution in [-0.2, 0) is 4.79 Å². The molecule has 0 saturated heterocycles. The van der Waals surface area contributed by atoms with Gasteiger partial charge in [0.15, 0.2) is 11.5 Å². The molecule has 4 rings (SSSR count). The number of nitrogens with zero attached hydrogens (tertiary/aromatic N) is 3. The van der Waals surface area contributed by atoms with Gasteiger partial charge in [0.2, 0.25) is 5.91 Å². The number of amides is 1. The lowest BCUT2D eigenvalue weighted by Crippen LogP contribution is -2.08. The quantitative estimate of drug-likeness (QED) is 0.451. The average molecular weight is 414 g/mol. The standard InChI is InChI=1S/C24H22N4O3/c1-3-31-22-14-17(8-11-21(22)30-2)9-13-24(29)27-18-10-12-23(25-15-18)28-16-26-19-6-4-5-7-20(19)28/h4-16H,3H2,1-2H3,(H,27,29)/b13-9+. The van der Waals surface area contributed by atoms with Crippen LogP contribution in [0.25, 0.3) is 22.9 Å². The lowest BCUT2D eigenvalue weighted by Gasteiger charge is -2.09. The Labute approximate surface area is 180 Å². The van der Waals surface area contributed by atoms with Crippen LogP contribution >= 0.6 is 0 Å². The third-order valence-corrected chi connectivity index (χ3v) is 4.63. The summed E-state index contributed by atoms with van der Waals surface area (Å²) in [4.78, 5) is 21.1. The molecule has 7 nitrogen and oxygen atoms in total. The highest BCUT2D eigenvalue weighted by Crippen LogP contribution is 2.28. The number of pyridine rings is 1. The molecule has 0 unspecified atom stereocenters. The molecule has 0 aliphatic heterocycles. The highest BCUT2D eigenvalue weighted by molar-refractivity contribution is 6.01. The van der Waals surface area contributed by atoms with Gasteiger partial charge < -0.3 is 14.8 Å². The first-order valence-electron chi connectivity index (χ1n) is 9.86. The number of fused-ring (bicyclic) bond motifs is 1. The fourth-order valence-electron chi connectivity index (χ4n) is 3.17. The SMILES string of the molecule is CCOc1cc(/C=C/C(=O)Nc2ccc(-n3cnc4ccccc43)nc2)ccc1OC. The van der Waals surface area contributed by atoms with Gasteiger partial charge in [-0.2, -0.15) is 0 Å². The summed E-state index contributed by atoms with van der Waals surface area (Å²) in [5.74, 6) is 1.76. The van der Waals surface area contributed by atoms with E-state index in [-0.39, 0.29) is 5.91 Å². The van der Waals surface area contributed by atoms with E-state index < -0.39 is 0 Å². The van der Waals surface area contributed by atoms with Gasteiger partial charge in [0.05, 0.1) is 36.6 Å². The van der Waals surface area contributed by atoms with Crippen molar-refractivity contribution in [3.63, 3.8) is 0 Å². The average Bonchev–Trinajstić information content (AvgIpc) is 3.23. The largest absolute Gasteiger partial charge is 0.493 e. The minimum atomic E-state index is -0.253. The van der Waals surface area contributed by atoms with Gasteiger partial charge in [-0.15, -0.1) is 0 Å². The van der Waals surface area contributed by atoms with Crippen LogP contribution in [0.15, 0.2) is 73.2 Å². The van der Waals surface area contributed by atoms with Crippen molar-refractivity contribution in [1.29, 1.82) is 0 Å². The van der Waals surface area contributed by atoms with E-state index in [2.05, 4.69) is 15.3 Å². The second-order valence-electron chi connectivity index (χ2n) is 6.67. The summed E-state index contributed by atoms with van der Waals surface area (Å²) in [6, 6.07) is 17.0. The van der Waals surface area contributed by atoms with Gasteiger partial charge in [0, 0.05) is 6.08 Å². The Hall–Kier alpha value is -4.13. The fraction of sp³-hybridized carbons (Fsp3) is 0.125. The van der Waals surface area contributed by atoms with E-state index in [0.29, 0.717) is 23.8 Å². The molecule has 4 aromatic rings. The van der Waals surface area contributed by atoms with Crippen LogP contribution in [-0.4, -0.2) is 34.2 Å². The number of carbonyl (C=O) groups excluding carboxylic acids is 1. The highest BCUT2D eigenvalue weighted by Gasteiger charge is 2.07. The molecule has 0 bridgehead atoms. The van der Waals surface area contributed by atoms with E-state index >= 15 is 0 Å². The highest BCUT2D eigenvalue weighted by atomic mass is 16.5. The Balaban J connectivity index is 1.44. The molecule has 2 aromatic carbocycles. The van der Waals surface area contributed by atoms with Crippen molar-refractivity contribution in [3.8, 4) is 17.3 Å². The van der Waals surface area contributed by atoms with Crippen molar-refractivity contribution in [2.45, 2.75) is 6.92 Å². The maximum atomic E-state index is 12.3. The molecule has 1 amide bonds. The Morgan fingerprint density at radius 3 is 2.74 bits per heavy atom. The molecular weight excluding hydrogens is 392 g/mol. The number of ether oxygens (including phenoxy) is 2. The van der Waals surface area contributed by atoms with Crippen LogP contribution in [0.2, 0.25) is 0 Å². The molecule has 0 aliphatic carbocycles. The van der Waals surface area contributed by atoms with Crippen molar-refractivity contribution in [2.75, 3.05) is 19.0 Å². The predicted octanol–water partition coefficient (Wildman–Crippen LogP) is 4.48. The molecule has 0 radical (unpaired) electrons. The first kappa shape index (κ1) is 20.2. The molecule has 0 atom stereocenters. The molecule has 2 heterocycles. The first-order chi connectivity index (χ1) is 15.2. The summed E-state index contributed by atoms with van der Waals surface area (Å²) in [7, 11) is 1.59. The van der Waals surface area contributed by atoms with Crippen LogP contribution in [0.5, 0.6) is 11.5 Å². The zero-order valence-electron chi connectivity index (χ0n) is 17.3. The Morgan fingerprint density at radius 1 is 1.10 bits per heavy atom. The maximum Gasteiger partial charge on any atom is 0.248 e.